The molecule has 1 saturated heterocycles. The summed E-state index contributed by atoms with van der Waals surface area (Å²) in [5.41, 5.74) is 9.11. The number of nitrogens with one attached hydrogen (secondary N) is 2. The van der Waals surface area contributed by atoms with E-state index in [9.17, 15) is 0 Å². The topological polar surface area (TPSA) is 127 Å². The molecule has 168 valence electrons. The maximum atomic E-state index is 6.12. The molecule has 1 aliphatic rings. The Morgan fingerprint density at radius 3 is 2.62 bits per heavy atom. The number of nitrogens with zero attached hydrogens (tertiary/aromatic N) is 6. The molecule has 1 fully saturated rings. The number of nitrogens with two attached hydrogens (primary N) is 1. The number of anilines is 4. The number of halogens is 1. The van der Waals surface area contributed by atoms with E-state index < -0.39 is 0 Å². The minimum atomic E-state index is 0.160. The number of ether oxygens (including phenoxy) is 1. The fraction of sp³-hybridized carbons (Fsp3) is 0.381. The standard InChI is InChI=1S/C21H26ClN9O/c1-12(31-4-6-32-7-5-31)14-8-16(20-27-13(2)28-21(23)30-20)19(26-10-14)29-15-9-17(24-3)18(22)25-11-15/h8-12,24H,4-7H2,1-3H3,(H,26,29)(H2,23,27,28,30)/t12-/m1/s1. The summed E-state index contributed by atoms with van der Waals surface area (Å²) in [5, 5.41) is 6.72. The summed E-state index contributed by atoms with van der Waals surface area (Å²) in [6.07, 6.45) is 3.51. The second kappa shape index (κ2) is 9.60. The normalized spacial score (nSPS) is 15.4. The number of aromatic nitrogens is 5. The van der Waals surface area contributed by atoms with Gasteiger partial charge in [-0.15, -0.1) is 0 Å². The van der Waals surface area contributed by atoms with Crippen molar-refractivity contribution in [2.45, 2.75) is 19.9 Å². The summed E-state index contributed by atoms with van der Waals surface area (Å²) >= 11 is 6.12. The van der Waals surface area contributed by atoms with Crippen LogP contribution in [0.4, 0.5) is 23.1 Å². The lowest BCUT2D eigenvalue weighted by molar-refractivity contribution is 0.0198. The number of rotatable bonds is 6. The van der Waals surface area contributed by atoms with Crippen LogP contribution in [0.15, 0.2) is 24.5 Å². The summed E-state index contributed by atoms with van der Waals surface area (Å²) in [4.78, 5) is 24.3. The van der Waals surface area contributed by atoms with Crippen molar-refractivity contribution in [1.29, 1.82) is 0 Å². The van der Waals surface area contributed by atoms with E-state index in [1.165, 1.54) is 0 Å². The number of morpholine rings is 1. The average Bonchev–Trinajstić information content (AvgIpc) is 2.80. The fourth-order valence-electron chi connectivity index (χ4n) is 3.61. The van der Waals surface area contributed by atoms with Gasteiger partial charge < -0.3 is 21.1 Å². The first-order valence-corrected chi connectivity index (χ1v) is 10.7. The molecule has 0 bridgehead atoms. The zero-order valence-electron chi connectivity index (χ0n) is 18.3. The van der Waals surface area contributed by atoms with E-state index >= 15 is 0 Å². The van der Waals surface area contributed by atoms with Crippen LogP contribution >= 0.6 is 11.6 Å². The van der Waals surface area contributed by atoms with Crippen LogP contribution < -0.4 is 16.4 Å². The van der Waals surface area contributed by atoms with Gasteiger partial charge in [0.1, 0.15) is 11.6 Å². The van der Waals surface area contributed by atoms with Gasteiger partial charge >= 0.3 is 0 Å². The minimum absolute atomic E-state index is 0.160. The molecule has 4 rings (SSSR count). The third-order valence-corrected chi connectivity index (χ3v) is 5.66. The molecule has 0 radical (unpaired) electrons. The third-order valence-electron chi connectivity index (χ3n) is 5.36. The Morgan fingerprint density at radius 1 is 1.12 bits per heavy atom. The third kappa shape index (κ3) is 4.87. The second-order valence-corrected chi connectivity index (χ2v) is 7.85. The van der Waals surface area contributed by atoms with Crippen LogP contribution in [0.2, 0.25) is 5.15 Å². The van der Waals surface area contributed by atoms with Crippen molar-refractivity contribution in [3.63, 3.8) is 0 Å². The molecule has 3 aromatic heterocycles. The molecule has 4 heterocycles. The van der Waals surface area contributed by atoms with Crippen LogP contribution in [0.1, 0.15) is 24.4 Å². The number of hydrogen-bond donors (Lipinski definition) is 3. The summed E-state index contributed by atoms with van der Waals surface area (Å²) < 4.78 is 5.49. The Balaban J connectivity index is 1.75. The van der Waals surface area contributed by atoms with Crippen molar-refractivity contribution in [1.82, 2.24) is 29.8 Å². The van der Waals surface area contributed by atoms with Gasteiger partial charge in [-0.25, -0.2) is 15.0 Å². The predicted molar refractivity (Wildman–Crippen MR) is 125 cm³/mol. The quantitative estimate of drug-likeness (QED) is 0.477. The van der Waals surface area contributed by atoms with Crippen molar-refractivity contribution in [3.8, 4) is 11.4 Å². The number of hydrogen-bond acceptors (Lipinski definition) is 10. The van der Waals surface area contributed by atoms with Gasteiger partial charge in [-0.1, -0.05) is 11.6 Å². The Kier molecular flexibility index (Phi) is 6.63. The van der Waals surface area contributed by atoms with E-state index in [1.807, 2.05) is 18.3 Å². The summed E-state index contributed by atoms with van der Waals surface area (Å²) in [5.74, 6) is 1.74. The lowest BCUT2D eigenvalue weighted by atomic mass is 10.1. The Hall–Kier alpha value is -3.08. The van der Waals surface area contributed by atoms with Gasteiger partial charge in [0.05, 0.1) is 36.3 Å². The van der Waals surface area contributed by atoms with Crippen LogP contribution in [0, 0.1) is 6.92 Å². The smallest absolute Gasteiger partial charge is 0.223 e. The zero-order chi connectivity index (χ0) is 22.7. The first-order valence-electron chi connectivity index (χ1n) is 10.3. The molecule has 1 atom stereocenters. The van der Waals surface area contributed by atoms with E-state index in [0.717, 1.165) is 43.1 Å². The molecule has 10 nitrogen and oxygen atoms in total. The second-order valence-electron chi connectivity index (χ2n) is 7.49. The minimum Gasteiger partial charge on any atom is -0.386 e. The summed E-state index contributed by atoms with van der Waals surface area (Å²) in [7, 11) is 1.79. The molecule has 0 amide bonds. The van der Waals surface area contributed by atoms with Crippen molar-refractivity contribution < 1.29 is 4.74 Å². The molecule has 0 aromatic carbocycles. The molecule has 0 saturated carbocycles. The van der Waals surface area contributed by atoms with Crippen LogP contribution in [0.25, 0.3) is 11.4 Å². The van der Waals surface area contributed by atoms with E-state index in [4.69, 9.17) is 27.1 Å². The van der Waals surface area contributed by atoms with Crippen LogP contribution in [-0.4, -0.2) is 63.2 Å². The highest BCUT2D eigenvalue weighted by Gasteiger charge is 2.21. The van der Waals surface area contributed by atoms with Crippen molar-refractivity contribution >= 4 is 34.7 Å². The number of nitrogen functional groups attached to an aromatic ring is 1. The predicted octanol–water partition coefficient (Wildman–Crippen LogP) is 3.05. The Morgan fingerprint density at radius 2 is 1.91 bits per heavy atom. The van der Waals surface area contributed by atoms with Gasteiger partial charge in [-0.05, 0) is 31.5 Å². The molecular weight excluding hydrogens is 430 g/mol. The van der Waals surface area contributed by atoms with Crippen LogP contribution in [0.5, 0.6) is 0 Å². The number of pyridine rings is 2. The van der Waals surface area contributed by atoms with E-state index in [1.54, 1.807) is 20.2 Å². The summed E-state index contributed by atoms with van der Waals surface area (Å²) in [6, 6.07) is 4.07. The fourth-order valence-corrected chi connectivity index (χ4v) is 3.80. The van der Waals surface area contributed by atoms with Crippen LogP contribution in [0.3, 0.4) is 0 Å². The molecule has 1 aliphatic heterocycles. The first-order chi connectivity index (χ1) is 15.4. The van der Waals surface area contributed by atoms with Crippen LogP contribution in [-0.2, 0) is 4.74 Å². The van der Waals surface area contributed by atoms with Gasteiger partial charge in [0.15, 0.2) is 11.0 Å². The largest absolute Gasteiger partial charge is 0.386 e. The van der Waals surface area contributed by atoms with Crippen molar-refractivity contribution in [2.75, 3.05) is 49.7 Å². The maximum absolute atomic E-state index is 6.12. The van der Waals surface area contributed by atoms with Gasteiger partial charge in [0, 0.05) is 32.4 Å². The average molecular weight is 456 g/mol. The molecule has 0 unspecified atom stereocenters. The van der Waals surface area contributed by atoms with Gasteiger partial charge in [0.2, 0.25) is 5.95 Å². The highest BCUT2D eigenvalue weighted by Crippen LogP contribution is 2.32. The lowest BCUT2D eigenvalue weighted by Crippen LogP contribution is -2.38. The highest BCUT2D eigenvalue weighted by atomic mass is 35.5. The Bertz CT molecular complexity index is 1080. The summed E-state index contributed by atoms with van der Waals surface area (Å²) in [6.45, 7) is 7.14. The maximum Gasteiger partial charge on any atom is 0.223 e. The van der Waals surface area contributed by atoms with Gasteiger partial charge in [0.25, 0.3) is 0 Å². The van der Waals surface area contributed by atoms with E-state index in [-0.39, 0.29) is 12.0 Å². The molecule has 3 aromatic rings. The van der Waals surface area contributed by atoms with Gasteiger partial charge in [-0.2, -0.15) is 9.97 Å². The molecule has 0 spiro atoms. The molecule has 4 N–H and O–H groups in total. The van der Waals surface area contributed by atoms with Gasteiger partial charge in [-0.3, -0.25) is 4.90 Å². The van der Waals surface area contributed by atoms with Crippen molar-refractivity contribution in [3.05, 3.63) is 41.1 Å². The Labute approximate surface area is 191 Å². The lowest BCUT2D eigenvalue weighted by Gasteiger charge is -2.32. The highest BCUT2D eigenvalue weighted by molar-refractivity contribution is 6.32. The molecule has 11 heteroatoms. The number of aryl methyl sites for hydroxylation is 1. The molecule has 0 aliphatic carbocycles. The molecular formula is C21H26ClN9O. The first kappa shape index (κ1) is 22.1. The van der Waals surface area contributed by atoms with Crippen molar-refractivity contribution in [2.24, 2.45) is 0 Å². The van der Waals surface area contributed by atoms with E-state index in [2.05, 4.69) is 42.4 Å². The SMILES string of the molecule is CNc1cc(Nc2ncc([C@@H](C)N3CCOCC3)cc2-c2nc(C)nc(N)n2)cnc1Cl. The van der Waals surface area contributed by atoms with E-state index in [0.29, 0.717) is 28.3 Å². The monoisotopic (exact) mass is 455 g/mol. The molecule has 32 heavy (non-hydrogen) atoms. The zero-order valence-corrected chi connectivity index (χ0v) is 19.0.